The average molecular weight is 274 g/mol. The second-order valence-electron chi connectivity index (χ2n) is 4.03. The molecule has 1 atom stereocenters. The van der Waals surface area contributed by atoms with Crippen molar-refractivity contribution in [2.45, 2.75) is 39.2 Å². The minimum Gasteiger partial charge on any atom is -0.480 e. The van der Waals surface area contributed by atoms with Crippen molar-refractivity contribution >= 4 is 18.0 Å². The first kappa shape index (κ1) is 17.2. The predicted octanol–water partition coefficient (Wildman–Crippen LogP) is 0.834. The number of carboxylic acid groups (broad SMARTS) is 1. The number of hydrogen-bond donors (Lipinski definition) is 2. The van der Waals surface area contributed by atoms with Crippen molar-refractivity contribution < 1.29 is 24.2 Å². The van der Waals surface area contributed by atoms with E-state index in [9.17, 15) is 14.4 Å². The summed E-state index contributed by atoms with van der Waals surface area (Å²) in [5, 5.41) is 11.4. The lowest BCUT2D eigenvalue weighted by molar-refractivity contribution is -0.142. The third-order valence-electron chi connectivity index (χ3n) is 2.62. The fourth-order valence-electron chi connectivity index (χ4n) is 1.54. The number of nitrogens with zero attached hydrogens (tertiary/aromatic N) is 1. The molecule has 0 aromatic heterocycles. The molecule has 0 aliphatic heterocycles. The molecule has 7 heteroatoms. The van der Waals surface area contributed by atoms with Gasteiger partial charge in [-0.25, -0.2) is 9.59 Å². The highest BCUT2D eigenvalue weighted by molar-refractivity contribution is 5.83. The van der Waals surface area contributed by atoms with Gasteiger partial charge in [-0.1, -0.05) is 6.92 Å². The number of rotatable bonds is 8. The second-order valence-corrected chi connectivity index (χ2v) is 4.03. The molecule has 0 saturated heterocycles. The first-order valence-corrected chi connectivity index (χ1v) is 6.31. The van der Waals surface area contributed by atoms with Crippen molar-refractivity contribution in [3.05, 3.63) is 0 Å². The highest BCUT2D eigenvalue weighted by Crippen LogP contribution is 2.02. The van der Waals surface area contributed by atoms with Gasteiger partial charge in [0, 0.05) is 19.5 Å². The molecular weight excluding hydrogens is 252 g/mol. The number of amides is 2. The van der Waals surface area contributed by atoms with Crippen molar-refractivity contribution in [2.24, 2.45) is 0 Å². The van der Waals surface area contributed by atoms with Crippen LogP contribution in [0.4, 0.5) is 4.79 Å². The third kappa shape index (κ3) is 6.64. The maximum atomic E-state index is 11.8. The average Bonchev–Trinajstić information content (AvgIpc) is 2.39. The number of urea groups is 1. The fraction of sp³-hybridized carbons (Fsp3) is 0.750. The Morgan fingerprint density at radius 3 is 2.37 bits per heavy atom. The van der Waals surface area contributed by atoms with Crippen LogP contribution in [0.2, 0.25) is 0 Å². The molecule has 0 unspecified atom stereocenters. The Labute approximate surface area is 112 Å². The van der Waals surface area contributed by atoms with E-state index < -0.39 is 24.0 Å². The van der Waals surface area contributed by atoms with E-state index in [2.05, 4.69) is 10.1 Å². The van der Waals surface area contributed by atoms with Crippen LogP contribution in [0.15, 0.2) is 0 Å². The van der Waals surface area contributed by atoms with Crippen molar-refractivity contribution in [1.82, 2.24) is 10.2 Å². The van der Waals surface area contributed by atoms with E-state index >= 15 is 0 Å². The van der Waals surface area contributed by atoms with E-state index in [4.69, 9.17) is 5.11 Å². The Balaban J connectivity index is 4.44. The summed E-state index contributed by atoms with van der Waals surface area (Å²) in [6, 6.07) is -1.51. The van der Waals surface area contributed by atoms with E-state index in [0.717, 1.165) is 6.42 Å². The van der Waals surface area contributed by atoms with Gasteiger partial charge in [-0.15, -0.1) is 0 Å². The first-order valence-electron chi connectivity index (χ1n) is 6.31. The minimum atomic E-state index is -1.16. The number of esters is 1. The van der Waals surface area contributed by atoms with Gasteiger partial charge in [0.25, 0.3) is 0 Å². The normalized spacial score (nSPS) is 11.5. The van der Waals surface area contributed by atoms with Crippen LogP contribution < -0.4 is 5.32 Å². The zero-order chi connectivity index (χ0) is 14.8. The van der Waals surface area contributed by atoms with Crippen molar-refractivity contribution in [1.29, 1.82) is 0 Å². The van der Waals surface area contributed by atoms with E-state index in [0.29, 0.717) is 13.1 Å². The fourth-order valence-corrected chi connectivity index (χ4v) is 1.54. The molecule has 2 amide bonds. The third-order valence-corrected chi connectivity index (χ3v) is 2.62. The number of carbonyl (C=O) groups excluding carboxylic acids is 2. The van der Waals surface area contributed by atoms with Crippen molar-refractivity contribution in [3.63, 3.8) is 0 Å². The summed E-state index contributed by atoms with van der Waals surface area (Å²) < 4.78 is 4.44. The molecular formula is C12H22N2O5. The number of methoxy groups -OCH3 is 1. The van der Waals surface area contributed by atoms with E-state index in [-0.39, 0.29) is 12.8 Å². The van der Waals surface area contributed by atoms with Gasteiger partial charge in [0.05, 0.1) is 7.11 Å². The maximum absolute atomic E-state index is 11.8. The molecule has 0 saturated carbocycles. The molecule has 7 nitrogen and oxygen atoms in total. The van der Waals surface area contributed by atoms with Crippen LogP contribution in [0.1, 0.15) is 33.1 Å². The smallest absolute Gasteiger partial charge is 0.326 e. The molecule has 0 aliphatic rings. The Bertz CT molecular complexity index is 319. The summed E-state index contributed by atoms with van der Waals surface area (Å²) in [6.45, 7) is 4.82. The lowest BCUT2D eigenvalue weighted by Crippen LogP contribution is -2.48. The zero-order valence-electron chi connectivity index (χ0n) is 11.6. The number of carboxylic acids is 1. The minimum absolute atomic E-state index is 0.0113. The molecule has 0 spiro atoms. The monoisotopic (exact) mass is 274 g/mol. The van der Waals surface area contributed by atoms with Gasteiger partial charge in [-0.2, -0.15) is 0 Å². The molecule has 0 bridgehead atoms. The van der Waals surface area contributed by atoms with Gasteiger partial charge >= 0.3 is 18.0 Å². The maximum Gasteiger partial charge on any atom is 0.326 e. The second kappa shape index (κ2) is 9.18. The summed E-state index contributed by atoms with van der Waals surface area (Å²) in [6.07, 6.45) is 0.756. The van der Waals surface area contributed by atoms with Crippen LogP contribution in [-0.2, 0) is 14.3 Å². The zero-order valence-corrected chi connectivity index (χ0v) is 11.6. The molecule has 2 N–H and O–H groups in total. The van der Waals surface area contributed by atoms with Gasteiger partial charge in [-0.3, -0.25) is 4.79 Å². The number of ether oxygens (including phenoxy) is 1. The number of hydrogen-bond acceptors (Lipinski definition) is 4. The number of nitrogens with one attached hydrogen (secondary N) is 1. The summed E-state index contributed by atoms with van der Waals surface area (Å²) in [4.78, 5) is 35.3. The van der Waals surface area contributed by atoms with Crippen LogP contribution in [0.25, 0.3) is 0 Å². The van der Waals surface area contributed by atoms with Gasteiger partial charge in [0.2, 0.25) is 0 Å². The summed E-state index contributed by atoms with van der Waals surface area (Å²) >= 11 is 0. The SMILES string of the molecule is CCCN(CC)C(=O)N[C@@H](CCC(=O)OC)C(=O)O. The number of carbonyl (C=O) groups is 3. The Morgan fingerprint density at radius 2 is 1.95 bits per heavy atom. The molecule has 0 aliphatic carbocycles. The molecule has 0 heterocycles. The first-order chi connectivity index (χ1) is 8.96. The highest BCUT2D eigenvalue weighted by Gasteiger charge is 2.23. The van der Waals surface area contributed by atoms with Crippen LogP contribution in [0, 0.1) is 0 Å². The van der Waals surface area contributed by atoms with E-state index in [1.807, 2.05) is 13.8 Å². The lowest BCUT2D eigenvalue weighted by atomic mass is 10.1. The quantitative estimate of drug-likeness (QED) is 0.639. The molecule has 0 radical (unpaired) electrons. The highest BCUT2D eigenvalue weighted by atomic mass is 16.5. The molecule has 0 aromatic carbocycles. The molecule has 0 fully saturated rings. The number of aliphatic carboxylic acids is 1. The van der Waals surface area contributed by atoms with Gasteiger partial charge in [0.15, 0.2) is 0 Å². The predicted molar refractivity (Wildman–Crippen MR) is 68.7 cm³/mol. The Morgan fingerprint density at radius 1 is 1.32 bits per heavy atom. The van der Waals surface area contributed by atoms with Gasteiger partial charge in [0.1, 0.15) is 6.04 Å². The Hall–Kier alpha value is -1.79. The van der Waals surface area contributed by atoms with Crippen LogP contribution >= 0.6 is 0 Å². The van der Waals surface area contributed by atoms with Crippen LogP contribution in [0.3, 0.4) is 0 Å². The molecule has 110 valence electrons. The largest absolute Gasteiger partial charge is 0.480 e. The van der Waals surface area contributed by atoms with Crippen molar-refractivity contribution in [2.75, 3.05) is 20.2 Å². The summed E-state index contributed by atoms with van der Waals surface area (Å²) in [7, 11) is 1.23. The lowest BCUT2D eigenvalue weighted by Gasteiger charge is -2.23. The standard InChI is InChI=1S/C12H22N2O5/c1-4-8-14(5-2)12(18)13-9(11(16)17)6-7-10(15)19-3/h9H,4-8H2,1-3H3,(H,13,18)(H,16,17)/t9-/m0/s1. The summed E-state index contributed by atoms with van der Waals surface area (Å²) in [5.74, 6) is -1.66. The van der Waals surface area contributed by atoms with E-state index in [1.54, 1.807) is 0 Å². The van der Waals surface area contributed by atoms with Gasteiger partial charge in [-0.05, 0) is 19.8 Å². The topological polar surface area (TPSA) is 95.9 Å². The van der Waals surface area contributed by atoms with Crippen LogP contribution in [0.5, 0.6) is 0 Å². The molecule has 0 aromatic rings. The summed E-state index contributed by atoms with van der Waals surface area (Å²) in [5.41, 5.74) is 0. The van der Waals surface area contributed by atoms with E-state index in [1.165, 1.54) is 12.0 Å². The Kier molecular flexibility index (Phi) is 8.32. The van der Waals surface area contributed by atoms with Gasteiger partial charge < -0.3 is 20.1 Å². The van der Waals surface area contributed by atoms with Crippen LogP contribution in [-0.4, -0.2) is 54.2 Å². The molecule has 0 rings (SSSR count). The molecule has 19 heavy (non-hydrogen) atoms. The van der Waals surface area contributed by atoms with Crippen molar-refractivity contribution in [3.8, 4) is 0 Å².